The Balaban J connectivity index is 0.000000475. The van der Waals surface area contributed by atoms with E-state index in [9.17, 15) is 10.2 Å². The molecule has 262 valence electrons. The predicted octanol–water partition coefficient (Wildman–Crippen LogP) is 12.1. The summed E-state index contributed by atoms with van der Waals surface area (Å²) >= 11 is 12.2. The van der Waals surface area contributed by atoms with Gasteiger partial charge in [0.05, 0.1) is 16.4 Å². The number of nitrogens with zero attached hydrogens (tertiary/aromatic N) is 2. The smallest absolute Gasteiger partial charge is 0.139 e. The molecule has 7 heteroatoms. The molecule has 0 radical (unpaired) electrons. The molecule has 0 unspecified atom stereocenters. The van der Waals surface area contributed by atoms with Crippen LogP contribution in [0.3, 0.4) is 0 Å². The van der Waals surface area contributed by atoms with Crippen molar-refractivity contribution in [3.8, 4) is 11.5 Å². The van der Waals surface area contributed by atoms with Gasteiger partial charge in [0.2, 0.25) is 0 Å². The van der Waals surface area contributed by atoms with Crippen LogP contribution in [0.15, 0.2) is 114 Å². The van der Waals surface area contributed by atoms with Crippen molar-refractivity contribution in [2.24, 2.45) is 4.99 Å². The molecule has 0 heterocycles. The number of aliphatic imine (C=N–C) groups is 1. The Morgan fingerprint density at radius 1 is 0.700 bits per heavy atom. The minimum atomic E-state index is -0.216. The van der Waals surface area contributed by atoms with E-state index in [1.54, 1.807) is 12.3 Å². The Bertz CT molecular complexity index is 1790. The van der Waals surface area contributed by atoms with Crippen LogP contribution in [0.1, 0.15) is 74.9 Å². The van der Waals surface area contributed by atoms with Crippen LogP contribution in [0.4, 0.5) is 11.4 Å². The maximum absolute atomic E-state index is 11.1. The Morgan fingerprint density at radius 2 is 1.22 bits per heavy atom. The predicted molar refractivity (Wildman–Crippen MR) is 211 cm³/mol. The monoisotopic (exact) mass is 742 g/mol. The Morgan fingerprint density at radius 3 is 1.70 bits per heavy atom. The first-order valence-electron chi connectivity index (χ1n) is 16.1. The number of phenols is 2. The molecular weight excluding hydrogens is 695 g/mol. The van der Waals surface area contributed by atoms with Crippen molar-refractivity contribution in [2.75, 3.05) is 11.9 Å². The normalized spacial score (nSPS) is 11.1. The molecule has 5 rings (SSSR count). The fraction of sp³-hybridized carbons (Fsp3) is 0.233. The minimum Gasteiger partial charge on any atom is -0.507 e. The van der Waals surface area contributed by atoms with Crippen molar-refractivity contribution in [2.45, 2.75) is 58.9 Å². The van der Waals surface area contributed by atoms with E-state index in [0.717, 1.165) is 33.6 Å². The molecule has 2 N–H and O–H groups in total. The van der Waals surface area contributed by atoms with Gasteiger partial charge in [0.25, 0.3) is 0 Å². The quantitative estimate of drug-likeness (QED) is 0.107. The summed E-state index contributed by atoms with van der Waals surface area (Å²) in [5.41, 5.74) is 6.78. The molecule has 0 amide bonds. The standard InChI is InChI=1S/C29H34Cl2N2O2.2C7H7.Ti/c1-28(2,3)20-12-18(26(34)22(14-20)29(4,5)6)16-32-24-10-8-9-11-25(24)33(7)17-19-13-21(30)15-23(31)27(19)35;2*1-7-5-3-2-4-6-7;/h8-16,34-35H,17H2,1-7H3;2*2-6H,1H2;/q;2*-1;. The van der Waals surface area contributed by atoms with Crippen LogP contribution >= 0.6 is 23.2 Å². The van der Waals surface area contributed by atoms with Gasteiger partial charge < -0.3 is 15.1 Å². The van der Waals surface area contributed by atoms with Gasteiger partial charge in [-0.05, 0) is 46.7 Å². The largest absolute Gasteiger partial charge is 0.507 e. The molecule has 4 nitrogen and oxygen atoms in total. The number of hydrogen-bond donors (Lipinski definition) is 2. The first-order chi connectivity index (χ1) is 23.0. The van der Waals surface area contributed by atoms with E-state index in [1.165, 1.54) is 6.07 Å². The van der Waals surface area contributed by atoms with Gasteiger partial charge in [-0.15, -0.1) is 24.3 Å². The number of aromatic hydroxyl groups is 2. The van der Waals surface area contributed by atoms with Crippen molar-refractivity contribution in [3.05, 3.63) is 166 Å². The van der Waals surface area contributed by atoms with Crippen molar-refractivity contribution in [1.29, 1.82) is 0 Å². The van der Waals surface area contributed by atoms with Crippen LogP contribution in [0.2, 0.25) is 10.0 Å². The number of para-hydroxylation sites is 2. The molecule has 0 fully saturated rings. The van der Waals surface area contributed by atoms with Gasteiger partial charge in [-0.1, -0.05) is 95.1 Å². The fourth-order valence-corrected chi connectivity index (χ4v) is 5.37. The molecule has 0 aliphatic rings. The molecule has 5 aromatic carbocycles. The zero-order chi connectivity index (χ0) is 36.4. The van der Waals surface area contributed by atoms with E-state index in [0.29, 0.717) is 22.7 Å². The number of phenolic OH excluding ortho intramolecular Hbond substituents is 2. The van der Waals surface area contributed by atoms with E-state index in [-0.39, 0.29) is 49.1 Å². The van der Waals surface area contributed by atoms with Crippen molar-refractivity contribution < 1.29 is 31.9 Å². The Kier molecular flexibility index (Phi) is 16.1. The van der Waals surface area contributed by atoms with Gasteiger partial charge in [0.15, 0.2) is 0 Å². The van der Waals surface area contributed by atoms with E-state index in [1.807, 2.05) is 103 Å². The molecule has 0 aromatic heterocycles. The topological polar surface area (TPSA) is 56.1 Å². The molecule has 0 spiro atoms. The first-order valence-corrected chi connectivity index (χ1v) is 16.9. The van der Waals surface area contributed by atoms with Crippen LogP contribution in [-0.4, -0.2) is 23.5 Å². The first kappa shape index (κ1) is 42.4. The summed E-state index contributed by atoms with van der Waals surface area (Å²) < 4.78 is 0. The second kappa shape index (κ2) is 19.0. The third-order valence-corrected chi connectivity index (χ3v) is 8.16. The molecule has 0 saturated heterocycles. The van der Waals surface area contributed by atoms with Crippen LogP contribution in [-0.2, 0) is 39.1 Å². The molecule has 0 aliphatic heterocycles. The zero-order valence-electron chi connectivity index (χ0n) is 30.1. The molecule has 50 heavy (non-hydrogen) atoms. The van der Waals surface area contributed by atoms with Crippen LogP contribution in [0.5, 0.6) is 11.5 Å². The number of rotatable bonds is 5. The summed E-state index contributed by atoms with van der Waals surface area (Å²) in [6.07, 6.45) is 1.72. The molecular formula is C43H48Cl2N2O2Ti-2. The average molecular weight is 744 g/mol. The second-order valence-electron chi connectivity index (χ2n) is 13.9. The van der Waals surface area contributed by atoms with Crippen LogP contribution < -0.4 is 4.90 Å². The SMILES string of the molecule is CN(Cc1cc(Cl)cc(Cl)c1O)c1ccccc1N=Cc1cc(C(C)(C)C)cc(C(C)(C)C)c1O.[CH2-]c1ccccc1.[CH2-]c1ccccc1.[Ti]. The fourth-order valence-electron chi connectivity index (χ4n) is 4.83. The molecule has 5 aromatic rings. The molecule has 0 bridgehead atoms. The minimum absolute atomic E-state index is 0. The number of hydrogen-bond acceptors (Lipinski definition) is 4. The van der Waals surface area contributed by atoms with Gasteiger partial charge >= 0.3 is 0 Å². The maximum Gasteiger partial charge on any atom is 0.139 e. The van der Waals surface area contributed by atoms with Gasteiger partial charge in [-0.2, -0.15) is 49.2 Å². The van der Waals surface area contributed by atoms with E-state index in [4.69, 9.17) is 28.2 Å². The van der Waals surface area contributed by atoms with Gasteiger partial charge in [-0.3, -0.25) is 4.99 Å². The Hall–Kier alpha value is -3.80. The molecule has 0 saturated carbocycles. The summed E-state index contributed by atoms with van der Waals surface area (Å²) in [5.74, 6) is 0.265. The van der Waals surface area contributed by atoms with Gasteiger partial charge in [0.1, 0.15) is 11.5 Å². The molecule has 0 aliphatic carbocycles. The van der Waals surface area contributed by atoms with E-state index < -0.39 is 0 Å². The Labute approximate surface area is 324 Å². The molecule has 0 atom stereocenters. The third-order valence-electron chi connectivity index (χ3n) is 7.65. The second-order valence-corrected chi connectivity index (χ2v) is 14.8. The van der Waals surface area contributed by atoms with E-state index in [2.05, 4.69) is 61.5 Å². The van der Waals surface area contributed by atoms with Crippen molar-refractivity contribution >= 4 is 40.8 Å². The number of benzene rings is 5. The van der Waals surface area contributed by atoms with Crippen molar-refractivity contribution in [3.63, 3.8) is 0 Å². The average Bonchev–Trinajstić information content (AvgIpc) is 3.03. The van der Waals surface area contributed by atoms with Gasteiger partial charge in [0, 0.05) is 63.2 Å². The van der Waals surface area contributed by atoms with E-state index >= 15 is 0 Å². The summed E-state index contributed by atoms with van der Waals surface area (Å²) in [7, 11) is 1.91. The summed E-state index contributed by atoms with van der Waals surface area (Å²) in [6, 6.07) is 34.8. The van der Waals surface area contributed by atoms with Crippen LogP contribution in [0, 0.1) is 13.8 Å². The summed E-state index contributed by atoms with van der Waals surface area (Å²) in [4.78, 5) is 6.74. The number of anilines is 1. The number of halogens is 2. The summed E-state index contributed by atoms with van der Waals surface area (Å²) in [6.45, 7) is 20.6. The zero-order valence-corrected chi connectivity index (χ0v) is 33.2. The summed E-state index contributed by atoms with van der Waals surface area (Å²) in [5, 5.41) is 22.2. The van der Waals surface area contributed by atoms with Gasteiger partial charge in [-0.25, -0.2) is 0 Å². The van der Waals surface area contributed by atoms with Crippen molar-refractivity contribution in [1.82, 2.24) is 0 Å². The third kappa shape index (κ3) is 12.8. The van der Waals surface area contributed by atoms with Crippen LogP contribution in [0.25, 0.3) is 0 Å². The maximum atomic E-state index is 11.1.